The molecule has 19 heavy (non-hydrogen) atoms. The van der Waals surface area contributed by atoms with Gasteiger partial charge in [-0.05, 0) is 18.6 Å². The van der Waals surface area contributed by atoms with Crippen LogP contribution in [0.1, 0.15) is 12.5 Å². The normalized spacial score (nSPS) is 12.1. The number of para-hydroxylation sites is 1. The smallest absolute Gasteiger partial charge is 0.242 e. The topological polar surface area (TPSA) is 74.0 Å². The number of fused-ring (bicyclic) bond motifs is 1. The minimum Gasteiger partial charge on any atom is -0.361 e. The van der Waals surface area contributed by atoms with Gasteiger partial charge in [0.2, 0.25) is 11.8 Å². The summed E-state index contributed by atoms with van der Waals surface area (Å²) in [7, 11) is 1.55. The first-order chi connectivity index (χ1) is 9.11. The lowest BCUT2D eigenvalue weighted by Crippen LogP contribution is -2.44. The van der Waals surface area contributed by atoms with E-state index in [2.05, 4.69) is 15.6 Å². The number of H-pyrrole nitrogens is 1. The Morgan fingerprint density at radius 2 is 2.05 bits per heavy atom. The van der Waals surface area contributed by atoms with Crippen molar-refractivity contribution in [2.75, 3.05) is 7.05 Å². The predicted molar refractivity (Wildman–Crippen MR) is 73.7 cm³/mol. The molecule has 0 aliphatic carbocycles. The number of carbonyl (C=O) groups is 2. The fourth-order valence-corrected chi connectivity index (χ4v) is 2.03. The molecule has 2 rings (SSSR count). The van der Waals surface area contributed by atoms with E-state index in [0.717, 1.165) is 16.5 Å². The van der Waals surface area contributed by atoms with Crippen molar-refractivity contribution in [3.8, 4) is 0 Å². The molecule has 1 aromatic heterocycles. The summed E-state index contributed by atoms with van der Waals surface area (Å²) in [6, 6.07) is 7.28. The monoisotopic (exact) mass is 259 g/mol. The summed E-state index contributed by atoms with van der Waals surface area (Å²) < 4.78 is 0. The average Bonchev–Trinajstić information content (AvgIpc) is 2.81. The van der Waals surface area contributed by atoms with Crippen molar-refractivity contribution in [3.05, 3.63) is 36.0 Å². The first-order valence-corrected chi connectivity index (χ1v) is 6.17. The Morgan fingerprint density at radius 3 is 2.79 bits per heavy atom. The van der Waals surface area contributed by atoms with Crippen LogP contribution in [-0.2, 0) is 16.0 Å². The van der Waals surface area contributed by atoms with E-state index in [1.165, 1.54) is 0 Å². The third-order valence-electron chi connectivity index (χ3n) is 3.04. The largest absolute Gasteiger partial charge is 0.361 e. The number of aromatic nitrogens is 1. The quantitative estimate of drug-likeness (QED) is 0.765. The van der Waals surface area contributed by atoms with E-state index in [0.29, 0.717) is 0 Å². The van der Waals surface area contributed by atoms with Gasteiger partial charge in [0.05, 0.1) is 6.42 Å². The summed E-state index contributed by atoms with van der Waals surface area (Å²) in [4.78, 5) is 26.3. The standard InChI is InChI=1S/C14H17N3O2/c1-9(14(19)15-2)17-13(18)7-10-8-16-12-6-4-3-5-11(10)12/h3-6,8-9,16H,7H2,1-2H3,(H,15,19)(H,17,18)/t9-/m1/s1. The van der Waals surface area contributed by atoms with Gasteiger partial charge in [0.15, 0.2) is 0 Å². The number of aromatic amines is 1. The third-order valence-corrected chi connectivity index (χ3v) is 3.04. The second-order valence-electron chi connectivity index (χ2n) is 4.44. The Labute approximate surface area is 111 Å². The molecular weight excluding hydrogens is 242 g/mol. The molecule has 2 aromatic rings. The molecule has 0 saturated heterocycles. The summed E-state index contributed by atoms with van der Waals surface area (Å²) in [5.41, 5.74) is 1.93. The fraction of sp³-hybridized carbons (Fsp3) is 0.286. The van der Waals surface area contributed by atoms with Crippen LogP contribution < -0.4 is 10.6 Å². The van der Waals surface area contributed by atoms with Gasteiger partial charge in [-0.3, -0.25) is 9.59 Å². The second-order valence-corrected chi connectivity index (χ2v) is 4.44. The van der Waals surface area contributed by atoms with Crippen molar-refractivity contribution in [1.82, 2.24) is 15.6 Å². The molecule has 1 aromatic carbocycles. The Kier molecular flexibility index (Phi) is 3.85. The Balaban J connectivity index is 2.05. The van der Waals surface area contributed by atoms with Crippen LogP contribution in [0.2, 0.25) is 0 Å². The summed E-state index contributed by atoms with van der Waals surface area (Å²) >= 11 is 0. The van der Waals surface area contributed by atoms with E-state index in [-0.39, 0.29) is 18.2 Å². The van der Waals surface area contributed by atoms with Gasteiger partial charge in [0.25, 0.3) is 0 Å². The molecule has 0 bridgehead atoms. The number of hydrogen-bond donors (Lipinski definition) is 3. The SMILES string of the molecule is CNC(=O)[C@@H](C)NC(=O)Cc1c[nH]c2ccccc12. The van der Waals surface area contributed by atoms with Crippen LogP contribution in [0.3, 0.4) is 0 Å². The highest BCUT2D eigenvalue weighted by molar-refractivity contribution is 5.91. The zero-order valence-electron chi connectivity index (χ0n) is 11.0. The van der Waals surface area contributed by atoms with Gasteiger partial charge in [-0.2, -0.15) is 0 Å². The van der Waals surface area contributed by atoms with Gasteiger partial charge in [-0.15, -0.1) is 0 Å². The van der Waals surface area contributed by atoms with E-state index in [1.807, 2.05) is 30.5 Å². The predicted octanol–water partition coefficient (Wildman–Crippen LogP) is 0.961. The van der Waals surface area contributed by atoms with Crippen molar-refractivity contribution in [2.45, 2.75) is 19.4 Å². The van der Waals surface area contributed by atoms with Gasteiger partial charge < -0.3 is 15.6 Å². The maximum Gasteiger partial charge on any atom is 0.242 e. The number of rotatable bonds is 4. The van der Waals surface area contributed by atoms with E-state index in [1.54, 1.807) is 14.0 Å². The fourth-order valence-electron chi connectivity index (χ4n) is 2.03. The number of likely N-dealkylation sites (N-methyl/N-ethyl adjacent to an activating group) is 1. The highest BCUT2D eigenvalue weighted by Gasteiger charge is 2.15. The first-order valence-electron chi connectivity index (χ1n) is 6.17. The molecular formula is C14H17N3O2. The molecule has 0 aliphatic heterocycles. The zero-order chi connectivity index (χ0) is 13.8. The van der Waals surface area contributed by atoms with E-state index >= 15 is 0 Å². The van der Waals surface area contributed by atoms with Crippen LogP contribution in [0.15, 0.2) is 30.5 Å². The molecule has 5 heteroatoms. The molecule has 0 saturated carbocycles. The molecule has 1 heterocycles. The highest BCUT2D eigenvalue weighted by atomic mass is 16.2. The van der Waals surface area contributed by atoms with Crippen LogP contribution >= 0.6 is 0 Å². The van der Waals surface area contributed by atoms with E-state index in [9.17, 15) is 9.59 Å². The molecule has 1 atom stereocenters. The van der Waals surface area contributed by atoms with Crippen LogP contribution in [0.4, 0.5) is 0 Å². The number of amides is 2. The number of benzene rings is 1. The van der Waals surface area contributed by atoms with Crippen LogP contribution in [0, 0.1) is 0 Å². The lowest BCUT2D eigenvalue weighted by Gasteiger charge is -2.11. The molecule has 0 unspecified atom stereocenters. The summed E-state index contributed by atoms with van der Waals surface area (Å²) in [5, 5.41) is 6.20. The highest BCUT2D eigenvalue weighted by Crippen LogP contribution is 2.17. The maximum absolute atomic E-state index is 11.9. The van der Waals surface area contributed by atoms with Crippen molar-refractivity contribution < 1.29 is 9.59 Å². The average molecular weight is 259 g/mol. The number of nitrogens with one attached hydrogen (secondary N) is 3. The first kappa shape index (κ1) is 13.1. The van der Waals surface area contributed by atoms with Gasteiger partial charge >= 0.3 is 0 Å². The van der Waals surface area contributed by atoms with Crippen LogP contribution in [-0.4, -0.2) is 29.9 Å². The van der Waals surface area contributed by atoms with Crippen molar-refractivity contribution in [2.24, 2.45) is 0 Å². The lowest BCUT2D eigenvalue weighted by atomic mass is 10.1. The van der Waals surface area contributed by atoms with Crippen molar-refractivity contribution in [1.29, 1.82) is 0 Å². The van der Waals surface area contributed by atoms with Crippen molar-refractivity contribution >= 4 is 22.7 Å². The summed E-state index contributed by atoms with van der Waals surface area (Å²) in [6.07, 6.45) is 2.08. The Morgan fingerprint density at radius 1 is 1.32 bits per heavy atom. The maximum atomic E-state index is 11.9. The van der Waals surface area contributed by atoms with Crippen LogP contribution in [0.5, 0.6) is 0 Å². The number of hydrogen-bond acceptors (Lipinski definition) is 2. The third kappa shape index (κ3) is 2.93. The molecule has 2 amide bonds. The van der Waals surface area contributed by atoms with Gasteiger partial charge in [0, 0.05) is 24.1 Å². The molecule has 3 N–H and O–H groups in total. The molecule has 0 fully saturated rings. The minimum atomic E-state index is -0.525. The molecule has 0 spiro atoms. The minimum absolute atomic E-state index is 0.166. The van der Waals surface area contributed by atoms with E-state index < -0.39 is 6.04 Å². The van der Waals surface area contributed by atoms with Crippen molar-refractivity contribution in [3.63, 3.8) is 0 Å². The van der Waals surface area contributed by atoms with Gasteiger partial charge in [-0.1, -0.05) is 18.2 Å². The Hall–Kier alpha value is -2.30. The lowest BCUT2D eigenvalue weighted by molar-refractivity contribution is -0.127. The van der Waals surface area contributed by atoms with Gasteiger partial charge in [0.1, 0.15) is 6.04 Å². The Bertz CT molecular complexity index is 604. The van der Waals surface area contributed by atoms with E-state index in [4.69, 9.17) is 0 Å². The molecule has 100 valence electrons. The molecule has 5 nitrogen and oxygen atoms in total. The molecule has 0 aliphatic rings. The summed E-state index contributed by atoms with van der Waals surface area (Å²) in [6.45, 7) is 1.66. The number of carbonyl (C=O) groups excluding carboxylic acids is 2. The second kappa shape index (κ2) is 5.56. The van der Waals surface area contributed by atoms with Crippen LogP contribution in [0.25, 0.3) is 10.9 Å². The van der Waals surface area contributed by atoms with Gasteiger partial charge in [-0.25, -0.2) is 0 Å². The molecule has 0 radical (unpaired) electrons. The zero-order valence-corrected chi connectivity index (χ0v) is 11.0. The summed E-state index contributed by atoms with van der Waals surface area (Å²) in [5.74, 6) is -0.367.